The molecular formula is C19H19N3O3. The summed E-state index contributed by atoms with van der Waals surface area (Å²) in [5.74, 6) is -0.308. The lowest BCUT2D eigenvalue weighted by atomic mass is 9.97. The van der Waals surface area contributed by atoms with E-state index in [1.807, 2.05) is 13.0 Å². The number of nitrogens with zero attached hydrogens (tertiary/aromatic N) is 1. The number of carbonyl (C=O) groups is 3. The molecule has 0 spiro atoms. The van der Waals surface area contributed by atoms with Crippen LogP contribution in [-0.2, 0) is 16.0 Å². The Balaban J connectivity index is 1.57. The van der Waals surface area contributed by atoms with Gasteiger partial charge in [-0.15, -0.1) is 0 Å². The van der Waals surface area contributed by atoms with Crippen molar-refractivity contribution in [3.8, 4) is 0 Å². The van der Waals surface area contributed by atoms with Crippen LogP contribution >= 0.6 is 0 Å². The molecule has 2 aromatic rings. The van der Waals surface area contributed by atoms with Gasteiger partial charge >= 0.3 is 0 Å². The Labute approximate surface area is 145 Å². The number of fused-ring (bicyclic) bond motifs is 1. The Morgan fingerprint density at radius 2 is 2.00 bits per heavy atom. The molecular weight excluding hydrogens is 318 g/mol. The van der Waals surface area contributed by atoms with Crippen LogP contribution in [0.1, 0.15) is 40.7 Å². The van der Waals surface area contributed by atoms with Crippen molar-refractivity contribution in [2.24, 2.45) is 0 Å². The van der Waals surface area contributed by atoms with Crippen molar-refractivity contribution < 1.29 is 14.4 Å². The molecule has 2 heterocycles. The van der Waals surface area contributed by atoms with Crippen LogP contribution in [0.2, 0.25) is 0 Å². The minimum absolute atomic E-state index is 0.00566. The molecule has 25 heavy (non-hydrogen) atoms. The zero-order chi connectivity index (χ0) is 17.8. The van der Waals surface area contributed by atoms with E-state index in [2.05, 4.69) is 15.6 Å². The number of benzene rings is 1. The molecule has 6 nitrogen and oxygen atoms in total. The number of Topliss-reactive ketones (excluding diaryl/α,β-unsaturated/α-hetero) is 1. The Morgan fingerprint density at radius 1 is 1.16 bits per heavy atom. The second-order valence-corrected chi connectivity index (χ2v) is 6.14. The number of amides is 2. The predicted octanol–water partition coefficient (Wildman–Crippen LogP) is 2.88. The van der Waals surface area contributed by atoms with Crippen LogP contribution < -0.4 is 10.6 Å². The van der Waals surface area contributed by atoms with E-state index in [0.29, 0.717) is 24.1 Å². The normalized spacial score (nSPS) is 12.9. The first-order chi connectivity index (χ1) is 12.0. The van der Waals surface area contributed by atoms with Gasteiger partial charge in [0.15, 0.2) is 5.78 Å². The summed E-state index contributed by atoms with van der Waals surface area (Å²) in [6, 6.07) is 7.07. The van der Waals surface area contributed by atoms with Crippen LogP contribution in [0.5, 0.6) is 0 Å². The van der Waals surface area contributed by atoms with Gasteiger partial charge < -0.3 is 10.6 Å². The van der Waals surface area contributed by atoms with E-state index in [1.54, 1.807) is 30.6 Å². The van der Waals surface area contributed by atoms with Crippen molar-refractivity contribution in [1.29, 1.82) is 0 Å². The second-order valence-electron chi connectivity index (χ2n) is 6.14. The fraction of sp³-hybridized carbons (Fsp3) is 0.263. The quantitative estimate of drug-likeness (QED) is 0.821. The van der Waals surface area contributed by atoms with Crippen LogP contribution in [0, 0.1) is 6.92 Å². The van der Waals surface area contributed by atoms with Gasteiger partial charge in [-0.1, -0.05) is 0 Å². The van der Waals surface area contributed by atoms with Gasteiger partial charge in [0.25, 0.3) is 0 Å². The van der Waals surface area contributed by atoms with Gasteiger partial charge in [0.05, 0.1) is 11.9 Å². The zero-order valence-corrected chi connectivity index (χ0v) is 14.0. The predicted molar refractivity (Wildman–Crippen MR) is 94.6 cm³/mol. The molecule has 6 heteroatoms. The van der Waals surface area contributed by atoms with Crippen LogP contribution in [0.3, 0.4) is 0 Å². The van der Waals surface area contributed by atoms with Crippen LogP contribution in [0.4, 0.5) is 11.4 Å². The summed E-state index contributed by atoms with van der Waals surface area (Å²) < 4.78 is 0. The number of aryl methyl sites for hydroxylation is 2. The molecule has 1 aliphatic rings. The molecule has 0 unspecified atom stereocenters. The summed E-state index contributed by atoms with van der Waals surface area (Å²) in [6.45, 7) is 1.89. The fourth-order valence-electron chi connectivity index (χ4n) is 2.78. The van der Waals surface area contributed by atoms with E-state index in [0.717, 1.165) is 16.8 Å². The van der Waals surface area contributed by atoms with Gasteiger partial charge in [-0.25, -0.2) is 0 Å². The van der Waals surface area contributed by atoms with Gasteiger partial charge in [0.2, 0.25) is 11.8 Å². The minimum Gasteiger partial charge on any atom is -0.326 e. The summed E-state index contributed by atoms with van der Waals surface area (Å²) in [5, 5.41) is 5.53. The molecule has 0 fully saturated rings. The molecule has 2 amide bonds. The average Bonchev–Trinajstić information content (AvgIpc) is 2.59. The van der Waals surface area contributed by atoms with Crippen LogP contribution in [0.15, 0.2) is 36.7 Å². The Morgan fingerprint density at radius 3 is 2.80 bits per heavy atom. The van der Waals surface area contributed by atoms with Gasteiger partial charge in [0.1, 0.15) is 0 Å². The number of rotatable bonds is 5. The van der Waals surface area contributed by atoms with E-state index in [1.165, 1.54) is 0 Å². The van der Waals surface area contributed by atoms with E-state index >= 15 is 0 Å². The first-order valence-electron chi connectivity index (χ1n) is 8.19. The fourth-order valence-corrected chi connectivity index (χ4v) is 2.78. The minimum atomic E-state index is -0.217. The number of nitrogens with one attached hydrogen (secondary N) is 2. The lowest BCUT2D eigenvalue weighted by Gasteiger charge is -2.17. The Bertz CT molecular complexity index is 846. The van der Waals surface area contributed by atoms with Crippen molar-refractivity contribution in [2.45, 2.75) is 32.6 Å². The Hall–Kier alpha value is -3.02. The van der Waals surface area contributed by atoms with Gasteiger partial charge in [0, 0.05) is 36.7 Å². The topological polar surface area (TPSA) is 88.2 Å². The largest absolute Gasteiger partial charge is 0.326 e. The number of ketones is 1. The molecule has 0 saturated carbocycles. The highest BCUT2D eigenvalue weighted by Crippen LogP contribution is 2.24. The molecule has 0 saturated heterocycles. The maximum absolute atomic E-state index is 12.3. The van der Waals surface area contributed by atoms with Crippen LogP contribution in [-0.4, -0.2) is 22.6 Å². The lowest BCUT2D eigenvalue weighted by Crippen LogP contribution is -2.19. The highest BCUT2D eigenvalue weighted by Gasteiger charge is 2.17. The van der Waals surface area contributed by atoms with Crippen molar-refractivity contribution in [3.63, 3.8) is 0 Å². The monoisotopic (exact) mass is 337 g/mol. The molecule has 128 valence electrons. The first-order valence-corrected chi connectivity index (χ1v) is 8.19. The van der Waals surface area contributed by atoms with Gasteiger partial charge in [-0.05, 0) is 48.7 Å². The molecule has 0 atom stereocenters. The summed E-state index contributed by atoms with van der Waals surface area (Å²) in [7, 11) is 0. The van der Waals surface area contributed by atoms with Gasteiger partial charge in [-0.3, -0.25) is 19.4 Å². The van der Waals surface area contributed by atoms with Crippen molar-refractivity contribution >= 4 is 29.0 Å². The first kappa shape index (κ1) is 16.8. The molecule has 1 aromatic carbocycles. The number of hydrogen-bond acceptors (Lipinski definition) is 4. The maximum atomic E-state index is 12.3. The highest BCUT2D eigenvalue weighted by atomic mass is 16.2. The molecule has 2 N–H and O–H groups in total. The third-order valence-electron chi connectivity index (χ3n) is 4.06. The van der Waals surface area contributed by atoms with E-state index in [4.69, 9.17) is 0 Å². The number of carbonyl (C=O) groups excluding carboxylic acids is 3. The number of pyridine rings is 1. The highest BCUT2D eigenvalue weighted by molar-refractivity contribution is 6.01. The van der Waals surface area contributed by atoms with Crippen molar-refractivity contribution in [2.75, 3.05) is 10.6 Å². The molecule has 0 aliphatic carbocycles. The van der Waals surface area contributed by atoms with Crippen molar-refractivity contribution in [3.05, 3.63) is 53.3 Å². The zero-order valence-electron chi connectivity index (χ0n) is 14.0. The standard InChI is InChI=1S/C19H19N3O3/c1-12-8-15(11-20-10-12)21-18(24)7-5-17(23)14-2-4-16-13(9-14)3-6-19(25)22-16/h2,4,8-11H,3,5-7H2,1H3,(H,21,24)(H,22,25). The molecule has 3 rings (SSSR count). The third-order valence-corrected chi connectivity index (χ3v) is 4.06. The number of anilines is 2. The lowest BCUT2D eigenvalue weighted by molar-refractivity contribution is -0.117. The van der Waals surface area contributed by atoms with E-state index < -0.39 is 0 Å². The van der Waals surface area contributed by atoms with E-state index in [9.17, 15) is 14.4 Å². The second kappa shape index (κ2) is 7.25. The Kier molecular flexibility index (Phi) is 4.88. The summed E-state index contributed by atoms with van der Waals surface area (Å²) >= 11 is 0. The average molecular weight is 337 g/mol. The molecule has 1 aromatic heterocycles. The van der Waals surface area contributed by atoms with Gasteiger partial charge in [-0.2, -0.15) is 0 Å². The van der Waals surface area contributed by atoms with E-state index in [-0.39, 0.29) is 30.4 Å². The molecule has 1 aliphatic heterocycles. The van der Waals surface area contributed by atoms with Crippen LogP contribution in [0.25, 0.3) is 0 Å². The molecule has 0 radical (unpaired) electrons. The smallest absolute Gasteiger partial charge is 0.224 e. The van der Waals surface area contributed by atoms with Crippen molar-refractivity contribution in [1.82, 2.24) is 4.98 Å². The molecule has 0 bridgehead atoms. The third kappa shape index (κ3) is 4.29. The number of aromatic nitrogens is 1. The summed E-state index contributed by atoms with van der Waals surface area (Å²) in [6.07, 6.45) is 4.58. The summed E-state index contributed by atoms with van der Waals surface area (Å²) in [5.41, 5.74) is 3.87. The number of hydrogen-bond donors (Lipinski definition) is 2. The SMILES string of the molecule is Cc1cncc(NC(=O)CCC(=O)c2ccc3c(c2)CCC(=O)N3)c1. The summed E-state index contributed by atoms with van der Waals surface area (Å²) in [4.78, 5) is 39.7. The maximum Gasteiger partial charge on any atom is 0.224 e.